The number of likely N-dealkylation sites (N-methyl/N-ethyl adjacent to an activating group) is 1. The number of rotatable bonds is 4. The molecule has 0 aliphatic heterocycles. The summed E-state index contributed by atoms with van der Waals surface area (Å²) in [6, 6.07) is 1.83. The monoisotopic (exact) mass is 485 g/mol. The first-order chi connectivity index (χ1) is 16.3. The Morgan fingerprint density at radius 1 is 1.20 bits per heavy atom. The number of amides is 2. The first kappa shape index (κ1) is 24.4. The van der Waals surface area contributed by atoms with Gasteiger partial charge >= 0.3 is 0 Å². The highest BCUT2D eigenvalue weighted by Crippen LogP contribution is 2.52. The van der Waals surface area contributed by atoms with Crippen molar-refractivity contribution < 1.29 is 39.6 Å². The minimum Gasteiger partial charge on any atom is -0.510 e. The molecule has 186 valence electrons. The molecule has 0 aromatic heterocycles. The Balaban J connectivity index is 1.91. The number of nitrogens with one attached hydrogen (secondary N) is 1. The van der Waals surface area contributed by atoms with Gasteiger partial charge in [0.25, 0.3) is 5.91 Å². The molecule has 1 aromatic rings. The normalized spacial score (nSPS) is 28.0. The molecule has 0 radical (unpaired) electrons. The zero-order valence-electron chi connectivity index (χ0n) is 19.5. The highest BCUT2D eigenvalue weighted by Gasteiger charge is 2.63. The summed E-state index contributed by atoms with van der Waals surface area (Å²) < 4.78 is 0. The lowest BCUT2D eigenvalue weighted by molar-refractivity contribution is -0.148. The number of phenols is 1. The number of primary amides is 1. The van der Waals surface area contributed by atoms with Crippen LogP contribution in [-0.2, 0) is 27.3 Å². The van der Waals surface area contributed by atoms with Gasteiger partial charge in [0.05, 0.1) is 11.6 Å². The third-order valence-corrected chi connectivity index (χ3v) is 7.23. The molecule has 2 amide bonds. The van der Waals surface area contributed by atoms with Crippen molar-refractivity contribution in [3.05, 3.63) is 51.5 Å². The van der Waals surface area contributed by atoms with Crippen LogP contribution in [0.3, 0.4) is 0 Å². The number of carbonyl (C=O) groups excluding carboxylic acids is 4. The molecule has 1 aromatic carbocycles. The van der Waals surface area contributed by atoms with E-state index >= 15 is 0 Å². The van der Waals surface area contributed by atoms with Crippen LogP contribution in [0, 0.1) is 11.8 Å². The van der Waals surface area contributed by atoms with Crippen LogP contribution in [-0.4, -0.2) is 74.4 Å². The number of benzene rings is 1. The molecule has 3 aliphatic rings. The van der Waals surface area contributed by atoms with Crippen molar-refractivity contribution in [2.24, 2.45) is 17.6 Å². The highest BCUT2D eigenvalue weighted by molar-refractivity contribution is 6.24. The summed E-state index contributed by atoms with van der Waals surface area (Å²) in [5.74, 6) is -7.24. The van der Waals surface area contributed by atoms with E-state index < -0.39 is 58.0 Å². The van der Waals surface area contributed by atoms with Crippen LogP contribution in [0.5, 0.6) is 5.75 Å². The maximum Gasteiger partial charge on any atom is 0.255 e. The van der Waals surface area contributed by atoms with Gasteiger partial charge in [-0.25, -0.2) is 0 Å². The van der Waals surface area contributed by atoms with Gasteiger partial charge in [-0.1, -0.05) is 6.07 Å². The van der Waals surface area contributed by atoms with Crippen molar-refractivity contribution in [3.8, 4) is 5.75 Å². The lowest BCUT2D eigenvalue weighted by Gasteiger charge is -2.50. The fraction of sp³-hybridized carbons (Fsp3) is 0.417. The topological polar surface area (TPSA) is 190 Å². The van der Waals surface area contributed by atoms with Crippen LogP contribution >= 0.6 is 0 Å². The smallest absolute Gasteiger partial charge is 0.255 e. The number of phenolic OH excluding ortho intramolecular Hbond substituents is 1. The number of aromatic hydroxyl groups is 1. The van der Waals surface area contributed by atoms with Crippen LogP contribution in [0.4, 0.5) is 0 Å². The maximum atomic E-state index is 13.5. The van der Waals surface area contributed by atoms with Crippen LogP contribution in [0.2, 0.25) is 0 Å². The van der Waals surface area contributed by atoms with Gasteiger partial charge in [-0.05, 0) is 50.0 Å². The zero-order chi connectivity index (χ0) is 26.0. The fourth-order valence-electron chi connectivity index (χ4n) is 5.70. The predicted molar refractivity (Wildman–Crippen MR) is 121 cm³/mol. The molecule has 0 heterocycles. The van der Waals surface area contributed by atoms with Gasteiger partial charge < -0.3 is 31.5 Å². The van der Waals surface area contributed by atoms with E-state index in [2.05, 4.69) is 5.32 Å². The van der Waals surface area contributed by atoms with Crippen molar-refractivity contribution in [1.29, 1.82) is 0 Å². The second-order valence-corrected chi connectivity index (χ2v) is 9.47. The van der Waals surface area contributed by atoms with Gasteiger partial charge in [0.15, 0.2) is 11.4 Å². The summed E-state index contributed by atoms with van der Waals surface area (Å²) in [5.41, 5.74) is 2.56. The van der Waals surface area contributed by atoms with E-state index in [1.807, 2.05) is 0 Å². The van der Waals surface area contributed by atoms with Crippen molar-refractivity contribution in [3.63, 3.8) is 0 Å². The van der Waals surface area contributed by atoms with Gasteiger partial charge in [0.1, 0.15) is 22.8 Å². The molecule has 0 bridgehead atoms. The summed E-state index contributed by atoms with van der Waals surface area (Å²) in [5, 5.41) is 46.7. The number of ketones is 2. The molecular formula is C24H27N3O8. The Bertz CT molecular complexity index is 1250. The molecule has 0 saturated carbocycles. The van der Waals surface area contributed by atoms with Gasteiger partial charge in [-0.2, -0.15) is 0 Å². The highest BCUT2D eigenvalue weighted by atomic mass is 16.3. The number of hydrogen-bond acceptors (Lipinski definition) is 9. The van der Waals surface area contributed by atoms with Crippen LogP contribution < -0.4 is 11.1 Å². The molecule has 3 aliphatic carbocycles. The summed E-state index contributed by atoms with van der Waals surface area (Å²) in [4.78, 5) is 51.7. The Morgan fingerprint density at radius 2 is 1.86 bits per heavy atom. The van der Waals surface area contributed by atoms with Crippen molar-refractivity contribution >= 4 is 23.4 Å². The Labute approximate surface area is 200 Å². The summed E-state index contributed by atoms with van der Waals surface area (Å²) in [6.07, 6.45) is 0.166. The summed E-state index contributed by atoms with van der Waals surface area (Å²) in [7, 11) is 3.13. The van der Waals surface area contributed by atoms with Crippen LogP contribution in [0.15, 0.2) is 34.8 Å². The van der Waals surface area contributed by atoms with Gasteiger partial charge in [0.2, 0.25) is 11.7 Å². The second-order valence-electron chi connectivity index (χ2n) is 9.47. The van der Waals surface area contributed by atoms with Gasteiger partial charge in [-0.3, -0.25) is 24.1 Å². The van der Waals surface area contributed by atoms with E-state index in [4.69, 9.17) is 5.73 Å². The molecule has 11 heteroatoms. The molecule has 0 spiro atoms. The summed E-state index contributed by atoms with van der Waals surface area (Å²) in [6.45, 7) is 1.46. The lowest BCUT2D eigenvalue weighted by Crippen LogP contribution is -2.63. The van der Waals surface area contributed by atoms with Crippen molar-refractivity contribution in [2.75, 3.05) is 14.1 Å². The minimum atomic E-state index is -2.67. The molecule has 7 N–H and O–H groups in total. The Kier molecular flexibility index (Phi) is 5.73. The predicted octanol–water partition coefficient (Wildman–Crippen LogP) is -0.243. The number of nitrogens with two attached hydrogens (primary N) is 1. The van der Waals surface area contributed by atoms with E-state index in [1.54, 1.807) is 20.2 Å². The van der Waals surface area contributed by atoms with E-state index in [0.717, 1.165) is 0 Å². The van der Waals surface area contributed by atoms with E-state index in [9.17, 15) is 39.6 Å². The SMILES string of the molecule is CC(=O)NCc1ccc(O)c2c1C[C@H]1C[C@H]3[C@H](N(C)C)C(O)=C(C(N)=O)C(=O)[C@@]3(O)C(O)=C1C2=O. The maximum absolute atomic E-state index is 13.5. The number of hydrogen-bond donors (Lipinski definition) is 6. The van der Waals surface area contributed by atoms with E-state index in [-0.39, 0.29) is 42.2 Å². The van der Waals surface area contributed by atoms with Crippen molar-refractivity contribution in [1.82, 2.24) is 10.2 Å². The zero-order valence-corrected chi connectivity index (χ0v) is 19.5. The average Bonchev–Trinajstić information content (AvgIpc) is 2.75. The second kappa shape index (κ2) is 8.21. The fourth-order valence-corrected chi connectivity index (χ4v) is 5.70. The largest absolute Gasteiger partial charge is 0.510 e. The van der Waals surface area contributed by atoms with Gasteiger partial charge in [0, 0.05) is 25.0 Å². The number of carbonyl (C=O) groups is 4. The number of nitrogens with zero attached hydrogens (tertiary/aromatic N) is 1. The molecule has 0 unspecified atom stereocenters. The van der Waals surface area contributed by atoms with Crippen molar-refractivity contribution in [2.45, 2.75) is 38.0 Å². The Hall–Kier alpha value is -3.70. The molecule has 4 atom stereocenters. The first-order valence-corrected chi connectivity index (χ1v) is 11.0. The number of Topliss-reactive ketones (excluding diaryl/α,β-unsaturated/α-hetero) is 2. The third kappa shape index (κ3) is 3.41. The number of aliphatic hydroxyl groups excluding tert-OH is 2. The first-order valence-electron chi connectivity index (χ1n) is 11.0. The average molecular weight is 485 g/mol. The Morgan fingerprint density at radius 3 is 2.43 bits per heavy atom. The molecule has 0 saturated heterocycles. The lowest BCUT2D eigenvalue weighted by atomic mass is 9.58. The quantitative estimate of drug-likeness (QED) is 0.312. The molecular weight excluding hydrogens is 458 g/mol. The van der Waals surface area contributed by atoms with Crippen LogP contribution in [0.1, 0.15) is 34.8 Å². The third-order valence-electron chi connectivity index (χ3n) is 7.23. The van der Waals surface area contributed by atoms with Crippen LogP contribution in [0.25, 0.3) is 0 Å². The molecule has 35 heavy (non-hydrogen) atoms. The van der Waals surface area contributed by atoms with Gasteiger partial charge in [-0.15, -0.1) is 0 Å². The van der Waals surface area contributed by atoms with E-state index in [1.165, 1.54) is 17.9 Å². The summed E-state index contributed by atoms with van der Waals surface area (Å²) >= 11 is 0. The number of fused-ring (bicyclic) bond motifs is 3. The number of aliphatic hydroxyl groups is 3. The standard InChI is InChI=1S/C24H27N3O8/c1-9(28)26-8-10-4-5-14(29)16-12(10)6-11-7-13-18(27(2)3)20(31)17(23(25)34)22(33)24(13,35)21(32)15(11)19(16)30/h4-5,11,13,18,29,31-32,35H,6-8H2,1-3H3,(H2,25,34)(H,26,28)/t11-,13-,18-,24-/m0/s1. The molecule has 0 fully saturated rings. The van der Waals surface area contributed by atoms with E-state index in [0.29, 0.717) is 11.1 Å². The molecule has 11 nitrogen and oxygen atoms in total. The minimum absolute atomic E-state index is 0.000987. The number of allylic oxidation sites excluding steroid dienone is 1. The molecule has 4 rings (SSSR count).